The Morgan fingerprint density at radius 3 is 2.36 bits per heavy atom. The second kappa shape index (κ2) is 11.3. The van der Waals surface area contributed by atoms with Crippen molar-refractivity contribution in [3.05, 3.63) is 23.8 Å². The summed E-state index contributed by atoms with van der Waals surface area (Å²) < 4.78 is 38.2. The number of anilines is 1. The number of benzene rings is 1. The van der Waals surface area contributed by atoms with Crippen LogP contribution in [0, 0.1) is 5.92 Å². The summed E-state index contributed by atoms with van der Waals surface area (Å²) in [7, 11) is -3.77. The van der Waals surface area contributed by atoms with E-state index in [1.54, 1.807) is 12.1 Å². The number of amides is 1. The van der Waals surface area contributed by atoms with E-state index in [4.69, 9.17) is 9.47 Å². The molecule has 2 aliphatic heterocycles. The monoisotopic (exact) mass is 481 g/mol. The Balaban J connectivity index is 1.83. The highest BCUT2D eigenvalue weighted by molar-refractivity contribution is 7.89. The zero-order chi connectivity index (χ0) is 24.0. The fraction of sp³-hybridized carbons (Fsp3) is 0.652. The van der Waals surface area contributed by atoms with Crippen LogP contribution in [0.5, 0.6) is 0 Å². The van der Waals surface area contributed by atoms with Crippen molar-refractivity contribution < 1.29 is 27.5 Å². The van der Waals surface area contributed by atoms with Crippen molar-refractivity contribution in [3.63, 3.8) is 0 Å². The summed E-state index contributed by atoms with van der Waals surface area (Å²) in [5.41, 5.74) is 0.799. The molecule has 1 aromatic rings. The average molecular weight is 482 g/mol. The van der Waals surface area contributed by atoms with Gasteiger partial charge in [-0.3, -0.25) is 4.79 Å². The van der Waals surface area contributed by atoms with Gasteiger partial charge in [-0.25, -0.2) is 13.2 Å². The van der Waals surface area contributed by atoms with Crippen molar-refractivity contribution in [1.82, 2.24) is 9.62 Å². The number of piperidine rings is 1. The number of nitrogens with zero attached hydrogens (tertiary/aromatic N) is 2. The minimum Gasteiger partial charge on any atom is -0.452 e. The molecule has 0 unspecified atom stereocenters. The number of hydrogen-bond donors (Lipinski definition) is 1. The van der Waals surface area contributed by atoms with Crippen LogP contribution < -0.4 is 10.2 Å². The molecule has 184 valence electrons. The zero-order valence-corrected chi connectivity index (χ0v) is 20.5. The number of carbonyl (C=O) groups excluding carboxylic acids is 2. The van der Waals surface area contributed by atoms with Crippen LogP contribution in [0.2, 0.25) is 0 Å². The molecule has 0 spiro atoms. The van der Waals surface area contributed by atoms with E-state index in [0.29, 0.717) is 18.9 Å². The lowest BCUT2D eigenvalue weighted by Crippen LogP contribution is -2.40. The third kappa shape index (κ3) is 6.45. The molecule has 2 saturated heterocycles. The maximum Gasteiger partial charge on any atom is 0.340 e. The SMILES string of the molecule is CC(C)[C@H](C)NC(=O)COC(=O)c1cc(S(=O)(=O)N2CCOCC2)ccc1N1CCCCC1. The van der Waals surface area contributed by atoms with Crippen LogP contribution in [0.3, 0.4) is 0 Å². The van der Waals surface area contributed by atoms with Gasteiger partial charge >= 0.3 is 5.97 Å². The van der Waals surface area contributed by atoms with Gasteiger partial charge in [0.25, 0.3) is 5.91 Å². The minimum absolute atomic E-state index is 0.0370. The maximum atomic E-state index is 13.1. The lowest BCUT2D eigenvalue weighted by Gasteiger charge is -2.31. The Labute approximate surface area is 196 Å². The first-order valence-corrected chi connectivity index (χ1v) is 13.1. The minimum atomic E-state index is -3.77. The largest absolute Gasteiger partial charge is 0.452 e. The number of morpholine rings is 1. The molecule has 1 N–H and O–H groups in total. The summed E-state index contributed by atoms with van der Waals surface area (Å²) in [6.07, 6.45) is 3.11. The molecule has 1 aromatic carbocycles. The Morgan fingerprint density at radius 2 is 1.73 bits per heavy atom. The summed E-state index contributed by atoms with van der Waals surface area (Å²) >= 11 is 0. The number of hydrogen-bond acceptors (Lipinski definition) is 7. The molecule has 10 heteroatoms. The van der Waals surface area contributed by atoms with Gasteiger partial charge in [-0.2, -0.15) is 4.31 Å². The van der Waals surface area contributed by atoms with E-state index >= 15 is 0 Å². The van der Waals surface area contributed by atoms with Gasteiger partial charge < -0.3 is 19.7 Å². The van der Waals surface area contributed by atoms with E-state index in [9.17, 15) is 18.0 Å². The van der Waals surface area contributed by atoms with Crippen molar-refractivity contribution in [3.8, 4) is 0 Å². The molecular weight excluding hydrogens is 446 g/mol. The van der Waals surface area contributed by atoms with Gasteiger partial charge in [-0.05, 0) is 50.3 Å². The molecule has 0 aromatic heterocycles. The van der Waals surface area contributed by atoms with Gasteiger partial charge in [0.2, 0.25) is 10.0 Å². The van der Waals surface area contributed by atoms with Crippen molar-refractivity contribution in [2.24, 2.45) is 5.92 Å². The summed E-state index contributed by atoms with van der Waals surface area (Å²) in [5, 5.41) is 2.80. The number of nitrogens with one attached hydrogen (secondary N) is 1. The first kappa shape index (κ1) is 25.5. The van der Waals surface area contributed by atoms with Crippen LogP contribution in [0.4, 0.5) is 5.69 Å². The van der Waals surface area contributed by atoms with Gasteiger partial charge in [-0.1, -0.05) is 13.8 Å². The Morgan fingerprint density at radius 1 is 1.06 bits per heavy atom. The molecular formula is C23H35N3O6S. The lowest BCUT2D eigenvalue weighted by molar-refractivity contribution is -0.125. The molecule has 2 aliphatic rings. The van der Waals surface area contributed by atoms with E-state index < -0.39 is 22.6 Å². The van der Waals surface area contributed by atoms with Crippen molar-refractivity contribution in [1.29, 1.82) is 0 Å². The predicted octanol–water partition coefficient (Wildman–Crippen LogP) is 2.02. The van der Waals surface area contributed by atoms with Gasteiger partial charge in [-0.15, -0.1) is 0 Å². The number of sulfonamides is 1. The fourth-order valence-electron chi connectivity index (χ4n) is 3.86. The second-order valence-corrected chi connectivity index (χ2v) is 10.9. The summed E-state index contributed by atoms with van der Waals surface area (Å²) in [5.74, 6) is -0.847. The highest BCUT2D eigenvalue weighted by atomic mass is 32.2. The van der Waals surface area contributed by atoms with E-state index in [2.05, 4.69) is 10.2 Å². The van der Waals surface area contributed by atoms with Gasteiger partial charge in [0.15, 0.2) is 6.61 Å². The summed E-state index contributed by atoms with van der Waals surface area (Å²) in [4.78, 5) is 27.3. The molecule has 3 rings (SSSR count). The number of rotatable bonds is 8. The van der Waals surface area contributed by atoms with Crippen LogP contribution in [0.1, 0.15) is 50.4 Å². The fourth-order valence-corrected chi connectivity index (χ4v) is 5.29. The Kier molecular flexibility index (Phi) is 8.72. The first-order valence-electron chi connectivity index (χ1n) is 11.6. The highest BCUT2D eigenvalue weighted by Gasteiger charge is 2.29. The average Bonchev–Trinajstić information content (AvgIpc) is 2.83. The van der Waals surface area contributed by atoms with E-state index in [1.165, 1.54) is 10.4 Å². The smallest absolute Gasteiger partial charge is 0.340 e. The van der Waals surface area contributed by atoms with Crippen molar-refractivity contribution in [2.45, 2.75) is 51.0 Å². The van der Waals surface area contributed by atoms with Gasteiger partial charge in [0.05, 0.1) is 29.4 Å². The second-order valence-electron chi connectivity index (χ2n) is 8.92. The Bertz CT molecular complexity index is 938. The van der Waals surface area contributed by atoms with E-state index in [0.717, 1.165) is 32.4 Å². The molecule has 1 amide bonds. The van der Waals surface area contributed by atoms with E-state index in [-0.39, 0.29) is 41.4 Å². The summed E-state index contributed by atoms with van der Waals surface area (Å²) in [6, 6.07) is 4.55. The van der Waals surface area contributed by atoms with Crippen LogP contribution >= 0.6 is 0 Å². The number of ether oxygens (including phenoxy) is 2. The van der Waals surface area contributed by atoms with Crippen LogP contribution in [0.15, 0.2) is 23.1 Å². The lowest BCUT2D eigenvalue weighted by atomic mass is 10.1. The first-order chi connectivity index (χ1) is 15.7. The molecule has 0 saturated carbocycles. The quantitative estimate of drug-likeness (QED) is 0.566. The summed E-state index contributed by atoms with van der Waals surface area (Å²) in [6.45, 7) is 8.21. The van der Waals surface area contributed by atoms with Crippen molar-refractivity contribution in [2.75, 3.05) is 50.9 Å². The topological polar surface area (TPSA) is 105 Å². The Hall–Kier alpha value is -2.17. The standard InChI is InChI=1S/C23H35N3O6S/c1-17(2)18(3)24-22(27)16-32-23(28)20-15-19(33(29,30)26-11-13-31-14-12-26)7-8-21(20)25-9-5-4-6-10-25/h7-8,15,17-18H,4-6,9-14,16H2,1-3H3,(H,24,27)/t18-/m0/s1. The number of esters is 1. The highest BCUT2D eigenvalue weighted by Crippen LogP contribution is 2.29. The maximum absolute atomic E-state index is 13.1. The molecule has 0 radical (unpaired) electrons. The van der Waals surface area contributed by atoms with Gasteiger partial charge in [0.1, 0.15) is 0 Å². The molecule has 9 nitrogen and oxygen atoms in total. The molecule has 2 heterocycles. The number of carbonyl (C=O) groups is 2. The molecule has 0 aliphatic carbocycles. The molecule has 2 fully saturated rings. The third-order valence-corrected chi connectivity index (χ3v) is 8.11. The van der Waals surface area contributed by atoms with Crippen LogP contribution in [0.25, 0.3) is 0 Å². The van der Waals surface area contributed by atoms with Crippen molar-refractivity contribution >= 4 is 27.6 Å². The molecule has 33 heavy (non-hydrogen) atoms. The normalized spacial score (nSPS) is 18.7. The van der Waals surface area contributed by atoms with E-state index in [1.807, 2.05) is 20.8 Å². The van der Waals surface area contributed by atoms with Crippen LogP contribution in [-0.4, -0.2) is 76.6 Å². The predicted molar refractivity (Wildman–Crippen MR) is 125 cm³/mol. The molecule has 0 bridgehead atoms. The van der Waals surface area contributed by atoms with Gasteiger partial charge in [0, 0.05) is 32.2 Å². The third-order valence-electron chi connectivity index (χ3n) is 6.22. The zero-order valence-electron chi connectivity index (χ0n) is 19.7. The van der Waals surface area contributed by atoms with Crippen LogP contribution in [-0.2, 0) is 24.3 Å². The molecule has 1 atom stereocenters.